The van der Waals surface area contributed by atoms with Crippen LogP contribution in [0.1, 0.15) is 21.5 Å². The van der Waals surface area contributed by atoms with Gasteiger partial charge in [-0.3, -0.25) is 9.36 Å². The van der Waals surface area contributed by atoms with Gasteiger partial charge in [0.1, 0.15) is 6.33 Å². The molecule has 1 aliphatic rings. The number of carbonyl (C=O) groups excluding carboxylic acids is 1. The Labute approximate surface area is 183 Å². The number of alkyl halides is 6. The summed E-state index contributed by atoms with van der Waals surface area (Å²) in [6, 6.07) is 4.35. The van der Waals surface area contributed by atoms with E-state index in [1.165, 1.54) is 4.90 Å². The first-order chi connectivity index (χ1) is 15.5. The van der Waals surface area contributed by atoms with Crippen LogP contribution in [-0.4, -0.2) is 56.7 Å². The smallest absolute Gasteiger partial charge is 0.352 e. The summed E-state index contributed by atoms with van der Waals surface area (Å²) in [4.78, 5) is 19.7. The van der Waals surface area contributed by atoms with E-state index in [4.69, 9.17) is 0 Å². The third-order valence-corrected chi connectivity index (χ3v) is 5.13. The Morgan fingerprint density at radius 3 is 1.88 bits per heavy atom. The average molecular weight is 470 g/mol. The lowest BCUT2D eigenvalue weighted by Gasteiger charge is -2.35. The van der Waals surface area contributed by atoms with Gasteiger partial charge in [-0.15, -0.1) is 10.2 Å². The molecule has 1 aromatic carbocycles. The van der Waals surface area contributed by atoms with Gasteiger partial charge in [0.15, 0.2) is 11.6 Å². The van der Waals surface area contributed by atoms with Crippen LogP contribution >= 0.6 is 0 Å². The minimum Gasteiger partial charge on any atom is -0.352 e. The number of anilines is 1. The van der Waals surface area contributed by atoms with Gasteiger partial charge in [0.25, 0.3) is 5.91 Å². The van der Waals surface area contributed by atoms with E-state index >= 15 is 0 Å². The molecule has 3 aromatic rings. The van der Waals surface area contributed by atoms with Crippen LogP contribution in [0.5, 0.6) is 0 Å². The molecule has 0 unspecified atom stereocenters. The molecule has 7 nitrogen and oxygen atoms in total. The Hall–Kier alpha value is -3.64. The molecule has 13 heteroatoms. The van der Waals surface area contributed by atoms with Crippen molar-refractivity contribution in [2.75, 3.05) is 31.1 Å². The molecule has 0 bridgehead atoms. The third-order valence-electron chi connectivity index (χ3n) is 5.13. The van der Waals surface area contributed by atoms with Crippen molar-refractivity contribution in [3.63, 3.8) is 0 Å². The van der Waals surface area contributed by atoms with Crippen LogP contribution in [0.4, 0.5) is 32.2 Å². The first kappa shape index (κ1) is 22.6. The minimum atomic E-state index is -5.02. The van der Waals surface area contributed by atoms with E-state index in [1.807, 2.05) is 4.90 Å². The van der Waals surface area contributed by atoms with Crippen molar-refractivity contribution in [2.45, 2.75) is 12.4 Å². The molecule has 0 spiro atoms. The van der Waals surface area contributed by atoms with Crippen LogP contribution in [0.3, 0.4) is 0 Å². The molecular weight excluding hydrogens is 454 g/mol. The molecule has 174 valence electrons. The monoisotopic (exact) mass is 470 g/mol. The van der Waals surface area contributed by atoms with Gasteiger partial charge in [-0.2, -0.15) is 26.3 Å². The zero-order valence-electron chi connectivity index (χ0n) is 16.8. The number of carbonyl (C=O) groups is 1. The van der Waals surface area contributed by atoms with Crippen molar-refractivity contribution in [3.05, 3.63) is 65.7 Å². The van der Waals surface area contributed by atoms with Crippen molar-refractivity contribution >= 4 is 11.7 Å². The van der Waals surface area contributed by atoms with Crippen LogP contribution in [-0.2, 0) is 12.4 Å². The van der Waals surface area contributed by atoms with Crippen molar-refractivity contribution in [1.29, 1.82) is 0 Å². The second-order valence-corrected chi connectivity index (χ2v) is 7.29. The van der Waals surface area contributed by atoms with E-state index in [2.05, 4.69) is 15.2 Å². The van der Waals surface area contributed by atoms with Gasteiger partial charge in [-0.05, 0) is 30.3 Å². The maximum Gasteiger partial charge on any atom is 0.416 e. The lowest BCUT2D eigenvalue weighted by atomic mass is 10.0. The van der Waals surface area contributed by atoms with Crippen LogP contribution in [0, 0.1) is 0 Å². The van der Waals surface area contributed by atoms with E-state index in [-0.39, 0.29) is 32.2 Å². The molecule has 0 N–H and O–H groups in total. The minimum absolute atomic E-state index is 0.000835. The van der Waals surface area contributed by atoms with Crippen molar-refractivity contribution < 1.29 is 31.1 Å². The molecule has 0 saturated carbocycles. The summed E-state index contributed by atoms with van der Waals surface area (Å²) in [5.41, 5.74) is -3.70. The lowest BCUT2D eigenvalue weighted by molar-refractivity contribution is -0.143. The number of imidazole rings is 1. The Morgan fingerprint density at radius 2 is 1.39 bits per heavy atom. The molecule has 1 saturated heterocycles. The predicted octanol–water partition coefficient (Wildman–Crippen LogP) is 3.66. The average Bonchev–Trinajstić information content (AvgIpc) is 3.32. The molecule has 1 aliphatic heterocycles. The summed E-state index contributed by atoms with van der Waals surface area (Å²) >= 11 is 0. The Kier molecular flexibility index (Phi) is 5.72. The number of hydrogen-bond acceptors (Lipinski definition) is 5. The van der Waals surface area contributed by atoms with Crippen LogP contribution in [0.25, 0.3) is 5.82 Å². The highest BCUT2D eigenvalue weighted by Crippen LogP contribution is 2.36. The van der Waals surface area contributed by atoms with Gasteiger partial charge >= 0.3 is 12.4 Å². The highest BCUT2D eigenvalue weighted by Gasteiger charge is 2.38. The first-order valence-corrected chi connectivity index (χ1v) is 9.68. The highest BCUT2D eigenvalue weighted by molar-refractivity contribution is 5.95. The van der Waals surface area contributed by atoms with Crippen molar-refractivity contribution in [1.82, 2.24) is 24.6 Å². The SMILES string of the molecule is O=C(c1cc(C(F)(F)F)cc(C(F)(F)F)c1)N1CCN(c2ccc(-n3ccnc3)nn2)CC1. The number of nitrogens with zero attached hydrogens (tertiary/aromatic N) is 6. The highest BCUT2D eigenvalue weighted by atomic mass is 19.4. The molecule has 0 atom stereocenters. The number of rotatable bonds is 3. The van der Waals surface area contributed by atoms with Crippen LogP contribution in [0.15, 0.2) is 49.1 Å². The maximum atomic E-state index is 13.1. The molecular formula is C20H16F6N6O. The Balaban J connectivity index is 1.47. The first-order valence-electron chi connectivity index (χ1n) is 9.68. The fourth-order valence-electron chi connectivity index (χ4n) is 3.42. The number of aromatic nitrogens is 4. The van der Waals surface area contributed by atoms with E-state index in [0.717, 1.165) is 0 Å². The van der Waals surface area contributed by atoms with Gasteiger partial charge in [0, 0.05) is 44.1 Å². The zero-order valence-corrected chi connectivity index (χ0v) is 16.8. The van der Waals surface area contributed by atoms with Gasteiger partial charge < -0.3 is 9.80 Å². The van der Waals surface area contributed by atoms with Crippen molar-refractivity contribution in [3.8, 4) is 5.82 Å². The zero-order chi connectivity index (χ0) is 23.8. The maximum absolute atomic E-state index is 13.1. The summed E-state index contributed by atoms with van der Waals surface area (Å²) in [6.45, 7) is 0.772. The van der Waals surface area contributed by atoms with E-state index < -0.39 is 35.0 Å². The summed E-state index contributed by atoms with van der Waals surface area (Å²) in [5.74, 6) is 0.187. The van der Waals surface area contributed by atoms with Crippen molar-refractivity contribution in [2.24, 2.45) is 0 Å². The summed E-state index contributed by atoms with van der Waals surface area (Å²) in [6.07, 6.45) is -5.18. The third kappa shape index (κ3) is 4.91. The summed E-state index contributed by atoms with van der Waals surface area (Å²) in [5, 5.41) is 8.24. The van der Waals surface area contributed by atoms with Crippen LogP contribution < -0.4 is 4.90 Å². The standard InChI is InChI=1S/C20H16F6N6O/c21-19(22,23)14-9-13(10-15(11-14)20(24,25)26)18(33)31-7-5-30(6-8-31)16-1-2-17(29-28-16)32-4-3-27-12-32/h1-4,9-12H,5-8H2. The molecule has 4 rings (SSSR count). The number of hydrogen-bond donors (Lipinski definition) is 0. The quantitative estimate of drug-likeness (QED) is 0.547. The van der Waals surface area contributed by atoms with Gasteiger partial charge in [0.2, 0.25) is 0 Å². The molecule has 2 aromatic heterocycles. The number of amides is 1. The summed E-state index contributed by atoms with van der Waals surface area (Å²) < 4.78 is 80.2. The normalized spacial score (nSPS) is 15.1. The lowest BCUT2D eigenvalue weighted by Crippen LogP contribution is -2.49. The van der Waals surface area contributed by atoms with Gasteiger partial charge in [-0.25, -0.2) is 4.98 Å². The molecule has 33 heavy (non-hydrogen) atoms. The number of halogens is 6. The second kappa shape index (κ2) is 8.37. The Morgan fingerprint density at radius 1 is 0.818 bits per heavy atom. The van der Waals surface area contributed by atoms with E-state index in [0.29, 0.717) is 23.8 Å². The van der Waals surface area contributed by atoms with Gasteiger partial charge in [0.05, 0.1) is 11.1 Å². The molecule has 1 fully saturated rings. The summed E-state index contributed by atoms with van der Waals surface area (Å²) in [7, 11) is 0. The fourth-order valence-corrected chi connectivity index (χ4v) is 3.42. The van der Waals surface area contributed by atoms with E-state index in [9.17, 15) is 31.1 Å². The number of piperazine rings is 1. The van der Waals surface area contributed by atoms with Gasteiger partial charge in [-0.1, -0.05) is 0 Å². The molecule has 0 radical (unpaired) electrons. The number of benzene rings is 1. The van der Waals surface area contributed by atoms with E-state index in [1.54, 1.807) is 35.4 Å². The Bertz CT molecular complexity index is 1090. The largest absolute Gasteiger partial charge is 0.416 e. The fraction of sp³-hybridized carbons (Fsp3) is 0.300. The molecule has 0 aliphatic carbocycles. The van der Waals surface area contributed by atoms with Crippen LogP contribution in [0.2, 0.25) is 0 Å². The molecule has 3 heterocycles. The molecule has 1 amide bonds. The topological polar surface area (TPSA) is 67.2 Å². The second-order valence-electron chi connectivity index (χ2n) is 7.29. The predicted molar refractivity (Wildman–Crippen MR) is 104 cm³/mol.